The quantitative estimate of drug-likeness (QED) is 0.821. The summed E-state index contributed by atoms with van der Waals surface area (Å²) in [5.74, 6) is -0.789. The van der Waals surface area contributed by atoms with E-state index in [2.05, 4.69) is 4.72 Å². The van der Waals surface area contributed by atoms with Crippen molar-refractivity contribution in [2.24, 2.45) is 17.8 Å². The minimum absolute atomic E-state index is 0.122. The number of rotatable bonds is 6. The average molecular weight is 339 g/mol. The predicted octanol–water partition coefficient (Wildman–Crippen LogP) is 1.61. The van der Waals surface area contributed by atoms with Gasteiger partial charge < -0.3 is 9.84 Å². The van der Waals surface area contributed by atoms with E-state index in [4.69, 9.17) is 4.74 Å². The molecule has 0 heterocycles. The van der Waals surface area contributed by atoms with Crippen LogP contribution < -0.4 is 9.46 Å². The van der Waals surface area contributed by atoms with E-state index in [9.17, 15) is 18.3 Å². The van der Waals surface area contributed by atoms with E-state index in [0.717, 1.165) is 19.3 Å². The predicted molar refractivity (Wildman–Crippen MR) is 84.5 cm³/mol. The van der Waals surface area contributed by atoms with Gasteiger partial charge in [-0.1, -0.05) is 18.6 Å². The number of benzene rings is 1. The third kappa shape index (κ3) is 3.21. The molecule has 6 nitrogen and oxygen atoms in total. The number of fused-ring (bicyclic) bond motifs is 1. The molecule has 0 saturated heterocycles. The summed E-state index contributed by atoms with van der Waals surface area (Å²) in [6.07, 6.45) is 2.77. The summed E-state index contributed by atoms with van der Waals surface area (Å²) >= 11 is 0. The highest BCUT2D eigenvalue weighted by Crippen LogP contribution is 2.51. The summed E-state index contributed by atoms with van der Waals surface area (Å²) < 4.78 is 32.6. The van der Waals surface area contributed by atoms with Gasteiger partial charge in [-0.25, -0.2) is 13.1 Å². The Morgan fingerprint density at radius 2 is 2.09 bits per heavy atom. The highest BCUT2D eigenvalue weighted by Gasteiger charge is 2.56. The summed E-state index contributed by atoms with van der Waals surface area (Å²) in [5.41, 5.74) is 0.617. The van der Waals surface area contributed by atoms with Crippen LogP contribution in [0.1, 0.15) is 24.8 Å². The highest BCUT2D eigenvalue weighted by molar-refractivity contribution is 7.88. The number of carboxylic acids is 1. The van der Waals surface area contributed by atoms with Crippen LogP contribution >= 0.6 is 0 Å². The number of hydrogen-bond acceptors (Lipinski definition) is 4. The summed E-state index contributed by atoms with van der Waals surface area (Å²) in [5, 5.41) is 9.35. The molecule has 1 aromatic carbocycles. The van der Waals surface area contributed by atoms with Crippen molar-refractivity contribution in [3.05, 3.63) is 29.8 Å². The van der Waals surface area contributed by atoms with Gasteiger partial charge in [0.1, 0.15) is 5.75 Å². The zero-order valence-electron chi connectivity index (χ0n) is 12.9. The van der Waals surface area contributed by atoms with Crippen LogP contribution in [0.5, 0.6) is 5.75 Å². The molecule has 0 aromatic heterocycles. The third-order valence-corrected chi connectivity index (χ3v) is 6.37. The van der Waals surface area contributed by atoms with E-state index in [1.165, 1.54) is 7.11 Å². The van der Waals surface area contributed by atoms with Crippen LogP contribution in [0.2, 0.25) is 0 Å². The number of carbonyl (C=O) groups is 1. The Labute approximate surface area is 135 Å². The fraction of sp³-hybridized carbons (Fsp3) is 0.562. The molecule has 0 radical (unpaired) electrons. The molecule has 1 aromatic rings. The van der Waals surface area contributed by atoms with Gasteiger partial charge in [0.05, 0.1) is 18.8 Å². The van der Waals surface area contributed by atoms with Crippen molar-refractivity contribution < 1.29 is 23.1 Å². The average Bonchev–Trinajstić information content (AvgIpc) is 2.88. The second-order valence-electron chi connectivity index (χ2n) is 6.38. The third-order valence-electron chi connectivity index (χ3n) is 5.03. The van der Waals surface area contributed by atoms with Crippen LogP contribution in [-0.2, 0) is 20.6 Å². The summed E-state index contributed by atoms with van der Waals surface area (Å²) in [4.78, 5) is 11.4. The van der Waals surface area contributed by atoms with Crippen LogP contribution in [0.15, 0.2) is 24.3 Å². The monoisotopic (exact) mass is 339 g/mol. The Bertz CT molecular complexity index is 702. The van der Waals surface area contributed by atoms with E-state index in [1.807, 2.05) is 0 Å². The maximum Gasteiger partial charge on any atom is 0.308 e. The second-order valence-corrected chi connectivity index (χ2v) is 8.13. The number of sulfonamides is 1. The van der Waals surface area contributed by atoms with Crippen LogP contribution in [0, 0.1) is 17.8 Å². The van der Waals surface area contributed by atoms with Gasteiger partial charge in [0.2, 0.25) is 10.0 Å². The topological polar surface area (TPSA) is 92.7 Å². The largest absolute Gasteiger partial charge is 0.497 e. The summed E-state index contributed by atoms with van der Waals surface area (Å²) in [7, 11) is -2.07. The van der Waals surface area contributed by atoms with Crippen LogP contribution in [0.25, 0.3) is 0 Å². The van der Waals surface area contributed by atoms with Crippen LogP contribution in [0.3, 0.4) is 0 Å². The van der Waals surface area contributed by atoms with Crippen molar-refractivity contribution in [1.82, 2.24) is 4.72 Å². The second kappa shape index (κ2) is 6.13. The van der Waals surface area contributed by atoms with Crippen molar-refractivity contribution in [3.8, 4) is 5.75 Å². The molecule has 23 heavy (non-hydrogen) atoms. The van der Waals surface area contributed by atoms with Gasteiger partial charge in [0, 0.05) is 6.04 Å². The maximum absolute atomic E-state index is 12.4. The Balaban J connectivity index is 1.71. The number of aliphatic carboxylic acids is 1. The molecule has 4 atom stereocenters. The molecule has 2 aliphatic rings. The molecule has 2 saturated carbocycles. The van der Waals surface area contributed by atoms with Crippen LogP contribution in [-0.4, -0.2) is 32.6 Å². The van der Waals surface area contributed by atoms with Crippen molar-refractivity contribution in [1.29, 1.82) is 0 Å². The van der Waals surface area contributed by atoms with E-state index in [-0.39, 0.29) is 17.6 Å². The molecule has 126 valence electrons. The van der Waals surface area contributed by atoms with Crippen molar-refractivity contribution in [3.63, 3.8) is 0 Å². The van der Waals surface area contributed by atoms with Gasteiger partial charge in [-0.3, -0.25) is 4.79 Å². The normalized spacial score (nSPS) is 29.6. The first-order valence-electron chi connectivity index (χ1n) is 7.77. The molecular formula is C16H21NO5S. The molecule has 3 rings (SSSR count). The fourth-order valence-electron chi connectivity index (χ4n) is 4.02. The molecule has 2 N–H and O–H groups in total. The van der Waals surface area contributed by atoms with Gasteiger partial charge in [-0.05, 0) is 42.4 Å². The molecule has 2 fully saturated rings. The zero-order chi connectivity index (χ0) is 16.6. The Morgan fingerprint density at radius 3 is 2.78 bits per heavy atom. The fourth-order valence-corrected chi connectivity index (χ4v) is 5.46. The van der Waals surface area contributed by atoms with Gasteiger partial charge >= 0.3 is 5.97 Å². The van der Waals surface area contributed by atoms with E-state index in [0.29, 0.717) is 11.3 Å². The molecule has 0 unspecified atom stereocenters. The molecule has 0 spiro atoms. The first kappa shape index (κ1) is 16.3. The zero-order valence-corrected chi connectivity index (χ0v) is 13.8. The first-order valence-corrected chi connectivity index (χ1v) is 9.42. The molecular weight excluding hydrogens is 318 g/mol. The van der Waals surface area contributed by atoms with Crippen molar-refractivity contribution >= 4 is 16.0 Å². The first-order chi connectivity index (χ1) is 10.9. The number of carboxylic acid groups (broad SMARTS) is 1. The van der Waals surface area contributed by atoms with Crippen molar-refractivity contribution in [2.45, 2.75) is 31.1 Å². The van der Waals surface area contributed by atoms with E-state index in [1.54, 1.807) is 24.3 Å². The standard InChI is InChI=1S/C16H21NO5S/c1-22-11-5-2-4-10(8-11)9-23(20,21)17-15-13-7-3-6-12(13)14(15)16(18)19/h2,4-5,8,12-15,17H,3,6-7,9H2,1H3,(H,18,19)/t12-,13+,14-,15-/m0/s1. The maximum atomic E-state index is 12.4. The Kier molecular flexibility index (Phi) is 4.33. The Morgan fingerprint density at radius 1 is 1.35 bits per heavy atom. The number of hydrogen-bond donors (Lipinski definition) is 2. The number of methoxy groups -OCH3 is 1. The molecule has 0 amide bonds. The lowest BCUT2D eigenvalue weighted by molar-refractivity contribution is -0.152. The van der Waals surface area contributed by atoms with Gasteiger partial charge in [-0.15, -0.1) is 0 Å². The lowest BCUT2D eigenvalue weighted by Gasteiger charge is -2.46. The number of ether oxygens (including phenoxy) is 1. The summed E-state index contributed by atoms with van der Waals surface area (Å²) in [6.45, 7) is 0. The number of nitrogens with one attached hydrogen (secondary N) is 1. The lowest BCUT2D eigenvalue weighted by atomic mass is 9.63. The van der Waals surface area contributed by atoms with E-state index >= 15 is 0 Å². The van der Waals surface area contributed by atoms with Gasteiger partial charge in [-0.2, -0.15) is 0 Å². The lowest BCUT2D eigenvalue weighted by Crippen LogP contribution is -2.60. The minimum atomic E-state index is -3.59. The molecule has 7 heteroatoms. The van der Waals surface area contributed by atoms with Gasteiger partial charge in [0.25, 0.3) is 0 Å². The van der Waals surface area contributed by atoms with E-state index < -0.39 is 28.0 Å². The SMILES string of the molecule is COc1cccc(CS(=O)(=O)N[C@H]2[C@@H]3CCC[C@@H]3[C@@H]2C(=O)O)c1. The summed E-state index contributed by atoms with van der Waals surface area (Å²) in [6, 6.07) is 6.40. The van der Waals surface area contributed by atoms with Crippen LogP contribution in [0.4, 0.5) is 0 Å². The molecule has 0 aliphatic heterocycles. The minimum Gasteiger partial charge on any atom is -0.497 e. The highest BCUT2D eigenvalue weighted by atomic mass is 32.2. The van der Waals surface area contributed by atoms with Crippen molar-refractivity contribution in [2.75, 3.05) is 7.11 Å². The van der Waals surface area contributed by atoms with Gasteiger partial charge in [0.15, 0.2) is 0 Å². The Hall–Kier alpha value is -1.60. The molecule has 2 aliphatic carbocycles. The molecule has 0 bridgehead atoms. The smallest absolute Gasteiger partial charge is 0.308 e.